The Morgan fingerprint density at radius 2 is 0.625 bits per heavy atom. The van der Waals surface area contributed by atoms with Gasteiger partial charge in [0, 0.05) is 0 Å². The lowest BCUT2D eigenvalue weighted by atomic mass is 10.0. The lowest BCUT2D eigenvalue weighted by Gasteiger charge is -2.05. The lowest BCUT2D eigenvalue weighted by Crippen LogP contribution is -1.85. The van der Waals surface area contributed by atoms with Gasteiger partial charge in [-0.15, -0.1) is 0 Å². The molecule has 0 atom stereocenters. The highest BCUT2D eigenvalue weighted by molar-refractivity contribution is 7.59. The van der Waals surface area contributed by atoms with Crippen LogP contribution in [0.1, 0.15) is 38.5 Å². The first-order valence-corrected chi connectivity index (χ1v) is 3.00. The molecule has 0 amide bonds. The third-order valence-electron chi connectivity index (χ3n) is 1.50. The predicted octanol–water partition coefficient (Wildman–Crippen LogP) is 2.62. The Balaban J connectivity index is 0. The molecule has 1 rings (SSSR count). The summed E-state index contributed by atoms with van der Waals surface area (Å²) in [5, 5.41) is 0. The van der Waals surface area contributed by atoms with Crippen molar-refractivity contribution >= 4 is 13.5 Å². The van der Waals surface area contributed by atoms with E-state index < -0.39 is 0 Å². The van der Waals surface area contributed by atoms with Crippen LogP contribution in [0.4, 0.5) is 0 Å². The molecular weight excluding hydrogens is 118 g/mol. The molecule has 3 N–H and O–H groups in total. The van der Waals surface area contributed by atoms with E-state index in [1.807, 2.05) is 0 Å². The first-order valence-electron chi connectivity index (χ1n) is 3.00. The van der Waals surface area contributed by atoms with E-state index in [0.29, 0.717) is 0 Å². The molecule has 0 unspecified atom stereocenters. The van der Waals surface area contributed by atoms with Gasteiger partial charge in [0.1, 0.15) is 0 Å². The van der Waals surface area contributed by atoms with E-state index in [-0.39, 0.29) is 19.6 Å². The van der Waals surface area contributed by atoms with Crippen LogP contribution in [0.3, 0.4) is 0 Å². The van der Waals surface area contributed by atoms with Crippen LogP contribution in [0.25, 0.3) is 0 Å². The average Bonchev–Trinajstić information content (AvgIpc) is 1.72. The van der Waals surface area contributed by atoms with Crippen LogP contribution >= 0.6 is 13.5 Å². The highest BCUT2D eigenvalue weighted by Gasteiger charge is 1.95. The molecule has 8 heavy (non-hydrogen) atoms. The van der Waals surface area contributed by atoms with Crippen LogP contribution < -0.4 is 6.15 Å². The van der Waals surface area contributed by atoms with Crippen LogP contribution in [-0.4, -0.2) is 0 Å². The van der Waals surface area contributed by atoms with Gasteiger partial charge in [0.05, 0.1) is 0 Å². The van der Waals surface area contributed by atoms with Crippen molar-refractivity contribution in [2.45, 2.75) is 38.5 Å². The molecule has 0 radical (unpaired) electrons. The summed E-state index contributed by atoms with van der Waals surface area (Å²) in [5.41, 5.74) is 0. The van der Waals surface area contributed by atoms with Crippen molar-refractivity contribution in [3.8, 4) is 0 Å². The topological polar surface area (TPSA) is 35.0 Å². The molecule has 0 bridgehead atoms. The summed E-state index contributed by atoms with van der Waals surface area (Å²) in [5.74, 6) is 0. The van der Waals surface area contributed by atoms with E-state index in [9.17, 15) is 0 Å². The maximum absolute atomic E-state index is 1.50. The fourth-order valence-electron chi connectivity index (χ4n) is 1.06. The molecule has 1 aliphatic rings. The van der Waals surface area contributed by atoms with Gasteiger partial charge in [-0.05, 0) is 0 Å². The van der Waals surface area contributed by atoms with Gasteiger partial charge in [0.15, 0.2) is 0 Å². The Hall–Kier alpha value is 0.310. The smallest absolute Gasteiger partial charge is 0.0533 e. The van der Waals surface area contributed by atoms with E-state index in [0.717, 1.165) is 0 Å². The fraction of sp³-hybridized carbons (Fsp3) is 1.00. The standard InChI is InChI=1S/C6H12.H3N.H2S/c1-2-4-6-5-3-1;;/h1-6H2;1H3;1H2. The minimum atomic E-state index is 0. The molecule has 1 fully saturated rings. The fourth-order valence-corrected chi connectivity index (χ4v) is 1.06. The average molecular weight is 135 g/mol. The highest BCUT2D eigenvalue weighted by Crippen LogP contribution is 2.15. The van der Waals surface area contributed by atoms with Crippen LogP contribution in [-0.2, 0) is 0 Å². The number of rotatable bonds is 0. The molecule has 2 heteroatoms. The summed E-state index contributed by atoms with van der Waals surface area (Å²) in [4.78, 5) is 0. The zero-order chi connectivity index (χ0) is 4.24. The normalized spacial score (nSPS) is 18.0. The zero-order valence-corrected chi connectivity index (χ0v) is 6.45. The largest absolute Gasteiger partial charge is 0.344 e. The van der Waals surface area contributed by atoms with Gasteiger partial charge in [-0.2, -0.15) is 13.5 Å². The highest BCUT2D eigenvalue weighted by atomic mass is 32.1. The van der Waals surface area contributed by atoms with Crippen molar-refractivity contribution in [1.29, 1.82) is 0 Å². The quantitative estimate of drug-likeness (QED) is 0.544. The Morgan fingerprint density at radius 3 is 0.750 bits per heavy atom. The molecule has 0 aromatic carbocycles. The van der Waals surface area contributed by atoms with Crippen molar-refractivity contribution in [3.63, 3.8) is 0 Å². The first kappa shape index (κ1) is 11.2. The van der Waals surface area contributed by atoms with Crippen molar-refractivity contribution in [2.24, 2.45) is 0 Å². The first-order chi connectivity index (χ1) is 3.00. The molecule has 52 valence electrons. The van der Waals surface area contributed by atoms with E-state index in [1.165, 1.54) is 38.5 Å². The van der Waals surface area contributed by atoms with Gasteiger partial charge in [-0.3, -0.25) is 0 Å². The second kappa shape index (κ2) is 7.31. The van der Waals surface area contributed by atoms with Gasteiger partial charge >= 0.3 is 0 Å². The minimum Gasteiger partial charge on any atom is -0.344 e. The van der Waals surface area contributed by atoms with Gasteiger partial charge in [-0.25, -0.2) is 0 Å². The maximum Gasteiger partial charge on any atom is -0.0533 e. The van der Waals surface area contributed by atoms with E-state index in [4.69, 9.17) is 0 Å². The van der Waals surface area contributed by atoms with Gasteiger partial charge in [0.2, 0.25) is 0 Å². The number of hydrogen-bond donors (Lipinski definition) is 1. The maximum atomic E-state index is 1.50. The monoisotopic (exact) mass is 135 g/mol. The van der Waals surface area contributed by atoms with Crippen molar-refractivity contribution in [1.82, 2.24) is 6.15 Å². The third kappa shape index (κ3) is 4.47. The zero-order valence-electron chi connectivity index (χ0n) is 5.45. The third-order valence-corrected chi connectivity index (χ3v) is 1.50. The summed E-state index contributed by atoms with van der Waals surface area (Å²) in [7, 11) is 0. The Morgan fingerprint density at radius 1 is 0.500 bits per heavy atom. The molecule has 0 aromatic rings. The molecule has 0 aromatic heterocycles. The van der Waals surface area contributed by atoms with Crippen LogP contribution in [0.5, 0.6) is 0 Å². The molecule has 0 spiro atoms. The minimum absolute atomic E-state index is 0. The molecule has 0 saturated heterocycles. The summed E-state index contributed by atoms with van der Waals surface area (Å²) in [6, 6.07) is 0. The SMILES string of the molecule is C1CCCCC1.N.S. The molecule has 1 saturated carbocycles. The Bertz CT molecular complexity index is 24.0. The van der Waals surface area contributed by atoms with Gasteiger partial charge in [0.25, 0.3) is 0 Å². The summed E-state index contributed by atoms with van der Waals surface area (Å²) in [6.45, 7) is 0. The van der Waals surface area contributed by atoms with Crippen LogP contribution in [0, 0.1) is 0 Å². The molecule has 0 heterocycles. The molecular formula is C6H17NS. The number of hydrogen-bond acceptors (Lipinski definition) is 1. The second-order valence-electron chi connectivity index (χ2n) is 2.12. The predicted molar refractivity (Wildman–Crippen MR) is 43.1 cm³/mol. The van der Waals surface area contributed by atoms with Gasteiger partial charge in [-0.1, -0.05) is 38.5 Å². The van der Waals surface area contributed by atoms with Gasteiger partial charge < -0.3 is 6.15 Å². The molecule has 1 nitrogen and oxygen atoms in total. The van der Waals surface area contributed by atoms with Crippen LogP contribution in [0.15, 0.2) is 0 Å². The Labute approximate surface area is 58.9 Å². The van der Waals surface area contributed by atoms with Crippen LogP contribution in [0.2, 0.25) is 0 Å². The molecule has 1 aliphatic carbocycles. The Kier molecular flexibility index (Phi) is 10.2. The van der Waals surface area contributed by atoms with Crippen molar-refractivity contribution < 1.29 is 0 Å². The summed E-state index contributed by atoms with van der Waals surface area (Å²) in [6.07, 6.45) is 9.00. The van der Waals surface area contributed by atoms with Crippen molar-refractivity contribution in [2.75, 3.05) is 0 Å². The molecule has 0 aliphatic heterocycles. The summed E-state index contributed by atoms with van der Waals surface area (Å²) >= 11 is 0. The van der Waals surface area contributed by atoms with Crippen molar-refractivity contribution in [3.05, 3.63) is 0 Å². The second-order valence-corrected chi connectivity index (χ2v) is 2.12. The van der Waals surface area contributed by atoms with E-state index in [2.05, 4.69) is 0 Å². The van der Waals surface area contributed by atoms with E-state index >= 15 is 0 Å². The van der Waals surface area contributed by atoms with E-state index in [1.54, 1.807) is 0 Å². The summed E-state index contributed by atoms with van der Waals surface area (Å²) < 4.78 is 0. The lowest BCUT2D eigenvalue weighted by molar-refractivity contribution is 0.504.